The molecule has 1 aromatic heterocycles. The lowest BCUT2D eigenvalue weighted by molar-refractivity contribution is -0.384. The van der Waals surface area contributed by atoms with Gasteiger partial charge in [0.1, 0.15) is 11.5 Å². The molecule has 2 rings (SSSR count). The highest BCUT2D eigenvalue weighted by Gasteiger charge is 2.17. The topological polar surface area (TPSA) is 73.0 Å². The van der Waals surface area contributed by atoms with Crippen LogP contribution in [0, 0.1) is 22.9 Å². The standard InChI is InChI=1S/C12H12BrFN4O2/c1-7-8(6-17(2)16-7)5-15-11-4-10(14)9(13)3-12(11)18(19)20/h3-4,6,15H,5H2,1-2H3. The number of aryl methyl sites for hydroxylation is 2. The molecule has 0 saturated heterocycles. The number of nitrogens with zero attached hydrogens (tertiary/aromatic N) is 3. The monoisotopic (exact) mass is 342 g/mol. The van der Waals surface area contributed by atoms with Crippen LogP contribution >= 0.6 is 15.9 Å². The van der Waals surface area contributed by atoms with Crippen LogP contribution in [0.25, 0.3) is 0 Å². The summed E-state index contributed by atoms with van der Waals surface area (Å²) >= 11 is 2.94. The van der Waals surface area contributed by atoms with Crippen LogP contribution in [0.15, 0.2) is 22.8 Å². The van der Waals surface area contributed by atoms with Crippen LogP contribution < -0.4 is 5.32 Å². The Morgan fingerprint density at radius 2 is 2.25 bits per heavy atom. The summed E-state index contributed by atoms with van der Waals surface area (Å²) in [7, 11) is 1.79. The number of nitro benzene ring substituents is 1. The van der Waals surface area contributed by atoms with E-state index in [0.29, 0.717) is 6.54 Å². The van der Waals surface area contributed by atoms with Crippen molar-refractivity contribution in [3.05, 3.63) is 50.0 Å². The summed E-state index contributed by atoms with van der Waals surface area (Å²) in [5.41, 5.74) is 1.67. The van der Waals surface area contributed by atoms with Gasteiger partial charge in [-0.2, -0.15) is 5.10 Å². The van der Waals surface area contributed by atoms with E-state index in [2.05, 4.69) is 26.3 Å². The fourth-order valence-electron chi connectivity index (χ4n) is 1.84. The molecule has 0 amide bonds. The van der Waals surface area contributed by atoms with Gasteiger partial charge in [-0.05, 0) is 22.9 Å². The molecule has 1 aromatic carbocycles. The van der Waals surface area contributed by atoms with Gasteiger partial charge in [-0.3, -0.25) is 14.8 Å². The average molecular weight is 343 g/mol. The van der Waals surface area contributed by atoms with Gasteiger partial charge in [-0.25, -0.2) is 4.39 Å². The molecule has 0 saturated carbocycles. The number of benzene rings is 1. The van der Waals surface area contributed by atoms with Crippen LogP contribution in [0.3, 0.4) is 0 Å². The van der Waals surface area contributed by atoms with Gasteiger partial charge >= 0.3 is 0 Å². The maximum atomic E-state index is 13.5. The molecule has 2 aromatic rings. The first kappa shape index (κ1) is 14.4. The molecule has 106 valence electrons. The van der Waals surface area contributed by atoms with E-state index < -0.39 is 10.7 Å². The third-order valence-electron chi connectivity index (χ3n) is 2.82. The highest BCUT2D eigenvalue weighted by molar-refractivity contribution is 9.10. The summed E-state index contributed by atoms with van der Waals surface area (Å²) in [4.78, 5) is 10.4. The molecule has 0 spiro atoms. The van der Waals surface area contributed by atoms with Gasteiger partial charge in [-0.15, -0.1) is 0 Å². The van der Waals surface area contributed by atoms with E-state index in [1.54, 1.807) is 11.7 Å². The lowest BCUT2D eigenvalue weighted by Gasteiger charge is -2.07. The Bertz CT molecular complexity index is 672. The van der Waals surface area contributed by atoms with Crippen molar-refractivity contribution in [3.63, 3.8) is 0 Å². The number of hydrogen-bond donors (Lipinski definition) is 1. The summed E-state index contributed by atoms with van der Waals surface area (Å²) in [6.45, 7) is 2.18. The van der Waals surface area contributed by atoms with Crippen molar-refractivity contribution in [2.24, 2.45) is 7.05 Å². The molecule has 0 aliphatic heterocycles. The van der Waals surface area contributed by atoms with Crippen molar-refractivity contribution in [2.45, 2.75) is 13.5 Å². The number of nitro groups is 1. The van der Waals surface area contributed by atoms with Gasteiger partial charge in [-0.1, -0.05) is 0 Å². The maximum Gasteiger partial charge on any atom is 0.293 e. The highest BCUT2D eigenvalue weighted by atomic mass is 79.9. The largest absolute Gasteiger partial charge is 0.375 e. The summed E-state index contributed by atoms with van der Waals surface area (Å²) in [6, 6.07) is 2.25. The van der Waals surface area contributed by atoms with Crippen molar-refractivity contribution in [1.29, 1.82) is 0 Å². The Hall–Kier alpha value is -1.96. The number of aromatic nitrogens is 2. The second-order valence-corrected chi connectivity index (χ2v) is 5.16. The van der Waals surface area contributed by atoms with Gasteiger partial charge < -0.3 is 5.32 Å². The average Bonchev–Trinajstić information content (AvgIpc) is 2.68. The van der Waals surface area contributed by atoms with Crippen LogP contribution in [0.5, 0.6) is 0 Å². The van der Waals surface area contributed by atoms with Crippen LogP contribution in [0.4, 0.5) is 15.8 Å². The molecule has 8 heteroatoms. The van der Waals surface area contributed by atoms with Crippen LogP contribution in [0.1, 0.15) is 11.3 Å². The fourth-order valence-corrected chi connectivity index (χ4v) is 2.17. The zero-order chi connectivity index (χ0) is 14.9. The number of halogens is 2. The molecular weight excluding hydrogens is 331 g/mol. The number of anilines is 1. The van der Waals surface area contributed by atoms with Gasteiger partial charge in [0.2, 0.25) is 0 Å². The van der Waals surface area contributed by atoms with E-state index in [9.17, 15) is 14.5 Å². The molecule has 6 nitrogen and oxygen atoms in total. The molecule has 0 atom stereocenters. The first-order chi connectivity index (χ1) is 9.38. The van der Waals surface area contributed by atoms with Crippen molar-refractivity contribution in [2.75, 3.05) is 5.32 Å². The smallest absolute Gasteiger partial charge is 0.293 e. The number of nitrogens with one attached hydrogen (secondary N) is 1. The third kappa shape index (κ3) is 2.96. The predicted molar refractivity (Wildman–Crippen MR) is 76.0 cm³/mol. The van der Waals surface area contributed by atoms with E-state index in [4.69, 9.17) is 0 Å². The van der Waals surface area contributed by atoms with Crippen molar-refractivity contribution >= 4 is 27.3 Å². The normalized spacial score (nSPS) is 10.6. The summed E-state index contributed by atoms with van der Waals surface area (Å²) in [5, 5.41) is 18.0. The van der Waals surface area contributed by atoms with Crippen molar-refractivity contribution in [1.82, 2.24) is 9.78 Å². The molecule has 0 aliphatic rings. The van der Waals surface area contributed by atoms with Crippen LogP contribution in [-0.4, -0.2) is 14.7 Å². The van der Waals surface area contributed by atoms with Gasteiger partial charge in [0.05, 0.1) is 15.1 Å². The Balaban J connectivity index is 2.27. The lowest BCUT2D eigenvalue weighted by Crippen LogP contribution is -2.04. The third-order valence-corrected chi connectivity index (χ3v) is 3.43. The quantitative estimate of drug-likeness (QED) is 0.684. The highest BCUT2D eigenvalue weighted by Crippen LogP contribution is 2.31. The Morgan fingerprint density at radius 3 is 2.80 bits per heavy atom. The minimum Gasteiger partial charge on any atom is -0.375 e. The van der Waals surface area contributed by atoms with Crippen LogP contribution in [0.2, 0.25) is 0 Å². The molecule has 1 heterocycles. The summed E-state index contributed by atoms with van der Waals surface area (Å²) in [6.07, 6.45) is 1.81. The first-order valence-corrected chi connectivity index (χ1v) is 6.54. The first-order valence-electron chi connectivity index (χ1n) is 5.75. The molecule has 1 N–H and O–H groups in total. The Kier molecular flexibility index (Phi) is 4.03. The maximum absolute atomic E-state index is 13.5. The Morgan fingerprint density at radius 1 is 1.55 bits per heavy atom. The zero-order valence-electron chi connectivity index (χ0n) is 10.9. The summed E-state index contributed by atoms with van der Waals surface area (Å²) < 4.78 is 15.2. The van der Waals surface area contributed by atoms with E-state index in [1.807, 2.05) is 13.1 Å². The lowest BCUT2D eigenvalue weighted by atomic mass is 10.2. The molecule has 0 aliphatic carbocycles. The second kappa shape index (κ2) is 5.58. The molecule has 0 bridgehead atoms. The Labute approximate surface area is 122 Å². The number of hydrogen-bond acceptors (Lipinski definition) is 4. The van der Waals surface area contributed by atoms with Gasteiger partial charge in [0.25, 0.3) is 5.69 Å². The van der Waals surface area contributed by atoms with E-state index >= 15 is 0 Å². The van der Waals surface area contributed by atoms with Crippen molar-refractivity contribution in [3.8, 4) is 0 Å². The minimum absolute atomic E-state index is 0.0623. The zero-order valence-corrected chi connectivity index (χ0v) is 12.4. The molecule has 20 heavy (non-hydrogen) atoms. The van der Waals surface area contributed by atoms with Gasteiger partial charge in [0.15, 0.2) is 0 Å². The van der Waals surface area contributed by atoms with E-state index in [-0.39, 0.29) is 15.8 Å². The molecule has 0 radical (unpaired) electrons. The molecule has 0 unspecified atom stereocenters. The number of rotatable bonds is 4. The van der Waals surface area contributed by atoms with E-state index in [0.717, 1.165) is 23.4 Å². The van der Waals surface area contributed by atoms with E-state index in [1.165, 1.54) is 0 Å². The van der Waals surface area contributed by atoms with Crippen molar-refractivity contribution < 1.29 is 9.31 Å². The second-order valence-electron chi connectivity index (χ2n) is 4.31. The SMILES string of the molecule is Cc1nn(C)cc1CNc1cc(F)c(Br)cc1[N+](=O)[O-]. The molecular formula is C12H12BrFN4O2. The predicted octanol–water partition coefficient (Wildman–Crippen LogP) is 3.15. The fraction of sp³-hybridized carbons (Fsp3) is 0.250. The van der Waals surface area contributed by atoms with Gasteiger partial charge in [0, 0.05) is 37.5 Å². The summed E-state index contributed by atoms with van der Waals surface area (Å²) in [5.74, 6) is -0.555. The minimum atomic E-state index is -0.555. The molecule has 0 fully saturated rings. The van der Waals surface area contributed by atoms with Crippen LogP contribution in [-0.2, 0) is 13.6 Å².